The van der Waals surface area contributed by atoms with E-state index in [0.29, 0.717) is 5.75 Å². The highest BCUT2D eigenvalue weighted by atomic mass is 31.0. The van der Waals surface area contributed by atoms with Crippen LogP contribution in [0.1, 0.15) is 0 Å². The molecular weight excluding hydrogens is 251 g/mol. The van der Waals surface area contributed by atoms with Crippen LogP contribution in [-0.4, -0.2) is 23.3 Å². The van der Waals surface area contributed by atoms with Crippen molar-refractivity contribution in [2.75, 3.05) is 14.2 Å². The van der Waals surface area contributed by atoms with E-state index in [1.54, 1.807) is 24.3 Å². The van der Waals surface area contributed by atoms with Crippen LogP contribution < -0.4 is 4.43 Å². The van der Waals surface area contributed by atoms with Gasteiger partial charge in [0.2, 0.25) is 0 Å². The third-order valence-electron chi connectivity index (χ3n) is 1.50. The van der Waals surface area contributed by atoms with Gasteiger partial charge in [-0.3, -0.25) is 0 Å². The fourth-order valence-corrected chi connectivity index (χ4v) is 2.38. The molecule has 0 aliphatic carbocycles. The van der Waals surface area contributed by atoms with Crippen molar-refractivity contribution in [2.24, 2.45) is 0 Å². The van der Waals surface area contributed by atoms with Crippen molar-refractivity contribution in [3.8, 4) is 5.75 Å². The van der Waals surface area contributed by atoms with Gasteiger partial charge in [0.15, 0.2) is 0 Å². The van der Waals surface area contributed by atoms with E-state index in [9.17, 15) is 0 Å². The lowest BCUT2D eigenvalue weighted by atomic mass is 10.3. The summed E-state index contributed by atoms with van der Waals surface area (Å²) in [4.78, 5) is 9.03. The first-order valence-corrected chi connectivity index (χ1v) is 6.42. The molecule has 0 amide bonds. The van der Waals surface area contributed by atoms with Crippen LogP contribution in [0.25, 0.3) is 0 Å². The Morgan fingerprint density at radius 3 is 2.00 bits per heavy atom. The zero-order chi connectivity index (χ0) is 11.9. The van der Waals surface area contributed by atoms with Crippen LogP contribution in [0.4, 0.5) is 0 Å². The molecule has 1 unspecified atom stereocenters. The summed E-state index contributed by atoms with van der Waals surface area (Å²) >= 11 is 0. The Morgan fingerprint density at radius 1 is 1.00 bits per heavy atom. The molecular formula is C8H13O6PSi. The molecule has 0 fully saturated rings. The summed E-state index contributed by atoms with van der Waals surface area (Å²) < 4.78 is 20.1. The maximum Gasteiger partial charge on any atom is 0.809 e. The summed E-state index contributed by atoms with van der Waals surface area (Å²) in [6, 6.07) is 8.91. The Hall–Kier alpha value is -0.533. The van der Waals surface area contributed by atoms with Crippen LogP contribution >= 0.6 is 9.47 Å². The second-order valence-corrected chi connectivity index (χ2v) is 5.01. The van der Waals surface area contributed by atoms with Gasteiger partial charge >= 0.3 is 9.05 Å². The van der Waals surface area contributed by atoms with Crippen molar-refractivity contribution in [1.29, 1.82) is 0 Å². The molecule has 90 valence electrons. The van der Waals surface area contributed by atoms with E-state index in [1.807, 2.05) is 15.5 Å². The maximum atomic E-state index is 5.43. The molecule has 0 spiro atoms. The van der Waals surface area contributed by atoms with Crippen molar-refractivity contribution in [3.63, 3.8) is 0 Å². The first-order valence-electron chi connectivity index (χ1n) is 4.32. The monoisotopic (exact) mass is 264 g/mol. The highest BCUT2D eigenvalue weighted by Gasteiger charge is 2.52. The summed E-state index contributed by atoms with van der Waals surface area (Å²) in [6.45, 7) is 0. The van der Waals surface area contributed by atoms with E-state index in [2.05, 4.69) is 9.78 Å². The Balaban J connectivity index is 2.76. The molecule has 0 saturated carbocycles. The number of hydrogen-bond donors (Lipinski definition) is 0. The summed E-state index contributed by atoms with van der Waals surface area (Å²) in [5.41, 5.74) is 0. The quantitative estimate of drug-likeness (QED) is 0.322. The van der Waals surface area contributed by atoms with Crippen molar-refractivity contribution < 1.29 is 27.6 Å². The first kappa shape index (κ1) is 13.5. The lowest BCUT2D eigenvalue weighted by Crippen LogP contribution is -2.49. The summed E-state index contributed by atoms with van der Waals surface area (Å²) in [6.07, 6.45) is 0. The van der Waals surface area contributed by atoms with E-state index < -0.39 is 9.05 Å². The van der Waals surface area contributed by atoms with Crippen LogP contribution in [0.3, 0.4) is 0 Å². The molecule has 1 aromatic carbocycles. The summed E-state index contributed by atoms with van der Waals surface area (Å²) in [7, 11) is 1.14. The first-order chi connectivity index (χ1) is 7.76. The zero-order valence-corrected chi connectivity index (χ0v) is 11.1. The smallest absolute Gasteiger partial charge is 0.478 e. The van der Waals surface area contributed by atoms with Gasteiger partial charge in [-0.2, -0.15) is 9.15 Å². The van der Waals surface area contributed by atoms with Crippen LogP contribution in [-0.2, 0) is 23.1 Å². The van der Waals surface area contributed by atoms with E-state index in [-0.39, 0.29) is 0 Å². The highest BCUT2D eigenvalue weighted by molar-refractivity contribution is 7.13. The molecule has 0 radical (unpaired) electrons. The average molecular weight is 264 g/mol. The van der Waals surface area contributed by atoms with Crippen LogP contribution in [0, 0.1) is 0 Å². The minimum atomic E-state index is -3.49. The van der Waals surface area contributed by atoms with Gasteiger partial charge in [0.05, 0.1) is 14.2 Å². The summed E-state index contributed by atoms with van der Waals surface area (Å²) in [5, 5.41) is 0. The van der Waals surface area contributed by atoms with Crippen molar-refractivity contribution >= 4 is 18.5 Å². The molecule has 0 N–H and O–H groups in total. The lowest BCUT2D eigenvalue weighted by Gasteiger charge is -2.22. The molecule has 1 atom stereocenters. The van der Waals surface area contributed by atoms with E-state index in [0.717, 1.165) is 0 Å². The van der Waals surface area contributed by atoms with E-state index >= 15 is 0 Å². The van der Waals surface area contributed by atoms with Crippen molar-refractivity contribution in [3.05, 3.63) is 30.3 Å². The summed E-state index contributed by atoms with van der Waals surface area (Å²) in [5.74, 6) is 0.519. The normalized spacial score (nSPS) is 11.4. The third-order valence-corrected chi connectivity index (χ3v) is 3.88. The van der Waals surface area contributed by atoms with Crippen molar-refractivity contribution in [2.45, 2.75) is 0 Å². The molecule has 0 aliphatic heterocycles. The Bertz CT molecular complexity index is 292. The Labute approximate surface area is 97.0 Å². The van der Waals surface area contributed by atoms with Gasteiger partial charge in [0.25, 0.3) is 0 Å². The van der Waals surface area contributed by atoms with Gasteiger partial charge in [0, 0.05) is 0 Å². The average Bonchev–Trinajstić information content (AvgIpc) is 2.31. The molecule has 0 aliphatic rings. The van der Waals surface area contributed by atoms with Gasteiger partial charge in [-0.15, -0.1) is 0 Å². The maximum absolute atomic E-state index is 5.43. The van der Waals surface area contributed by atoms with E-state index in [4.69, 9.17) is 17.8 Å². The SMILES string of the molecule is COO[Si](OP)(OOC)Oc1ccccc1. The van der Waals surface area contributed by atoms with Crippen LogP contribution in [0.5, 0.6) is 5.75 Å². The minimum absolute atomic E-state index is 0.519. The molecule has 1 rings (SSSR count). The molecule has 0 heterocycles. The fraction of sp³-hybridized carbons (Fsp3) is 0.250. The molecule has 8 heteroatoms. The third kappa shape index (κ3) is 3.80. The molecule has 0 aromatic heterocycles. The molecule has 16 heavy (non-hydrogen) atoms. The van der Waals surface area contributed by atoms with Crippen LogP contribution in [0.15, 0.2) is 30.3 Å². The van der Waals surface area contributed by atoms with Gasteiger partial charge in [-0.1, -0.05) is 18.2 Å². The van der Waals surface area contributed by atoms with Gasteiger partial charge in [-0.25, -0.2) is 9.78 Å². The molecule has 1 aromatic rings. The second kappa shape index (κ2) is 6.92. The topological polar surface area (TPSA) is 55.4 Å². The number of rotatable bonds is 7. The molecule has 0 bridgehead atoms. The number of hydrogen-bond acceptors (Lipinski definition) is 6. The fourth-order valence-electron chi connectivity index (χ4n) is 0.948. The highest BCUT2D eigenvalue weighted by Crippen LogP contribution is 2.20. The number of para-hydroxylation sites is 1. The largest absolute Gasteiger partial charge is 0.809 e. The standard InChI is InChI=1S/C8H13O6PSi/c1-9-12-16(14-15,13-10-2)11-8-6-4-3-5-7-8/h3-7H,15H2,1-2H3. The van der Waals surface area contributed by atoms with Crippen LogP contribution in [0.2, 0.25) is 0 Å². The van der Waals surface area contributed by atoms with Gasteiger partial charge in [0.1, 0.15) is 5.75 Å². The molecule has 6 nitrogen and oxygen atoms in total. The predicted octanol–water partition coefficient (Wildman–Crippen LogP) is 1.46. The second-order valence-electron chi connectivity index (χ2n) is 2.53. The Kier molecular flexibility index (Phi) is 5.86. The number of benzene rings is 1. The minimum Gasteiger partial charge on any atom is -0.478 e. The van der Waals surface area contributed by atoms with Gasteiger partial charge in [-0.05, 0) is 21.6 Å². The Morgan fingerprint density at radius 2 is 1.56 bits per heavy atom. The molecule has 0 saturated heterocycles. The van der Waals surface area contributed by atoms with Gasteiger partial charge < -0.3 is 8.64 Å². The lowest BCUT2D eigenvalue weighted by molar-refractivity contribution is -0.305. The van der Waals surface area contributed by atoms with Crippen molar-refractivity contribution in [1.82, 2.24) is 0 Å². The zero-order valence-electron chi connectivity index (χ0n) is 8.91. The predicted molar refractivity (Wildman–Crippen MR) is 59.8 cm³/mol. The van der Waals surface area contributed by atoms with E-state index in [1.165, 1.54) is 14.2 Å².